The van der Waals surface area contributed by atoms with Gasteiger partial charge in [0.25, 0.3) is 0 Å². The molecule has 1 amide bonds. The van der Waals surface area contributed by atoms with Gasteiger partial charge >= 0.3 is 12.1 Å². The van der Waals surface area contributed by atoms with Gasteiger partial charge in [-0.15, -0.1) is 0 Å². The van der Waals surface area contributed by atoms with E-state index >= 15 is 0 Å². The van der Waals surface area contributed by atoms with Crippen molar-refractivity contribution in [2.45, 2.75) is 78.1 Å². The zero-order valence-corrected chi connectivity index (χ0v) is 24.5. The van der Waals surface area contributed by atoms with Crippen molar-refractivity contribution in [1.29, 1.82) is 0 Å². The standard InChI is InChI=1S/C32H39F3N2O5/c1-4-41-29(39)24-14-20(2)13-23(15-24)22-8-11-36(12-9-22)27-7-10-31(17-27,21(3)38)30(40)37-18-25-16-26(32(33,34)35)5-6-28(25)42-19-37/h5-6,13,15-16,20,22,27H,4,7-12,14,17-19H2,1-3H3/t20?,27-,31+/m1/s1. The fraction of sp³-hybridized carbons (Fsp3) is 0.594. The number of hydrogen-bond acceptors (Lipinski definition) is 6. The van der Waals surface area contributed by atoms with Crippen molar-refractivity contribution >= 4 is 17.7 Å². The number of piperidine rings is 1. The van der Waals surface area contributed by atoms with Crippen LogP contribution in [0.25, 0.3) is 0 Å². The first kappa shape index (κ1) is 30.3. The maximum Gasteiger partial charge on any atom is 0.416 e. The lowest BCUT2D eigenvalue weighted by Crippen LogP contribution is -2.50. The SMILES string of the molecule is CCOC(=O)C1=CC(C2CCN([C@@H]3CC[C@](C(C)=O)(C(=O)N4COc5ccc(C(F)(F)F)cc5C4)C3)CC2)=CC(C)C1. The van der Waals surface area contributed by atoms with Crippen molar-refractivity contribution in [2.75, 3.05) is 26.4 Å². The van der Waals surface area contributed by atoms with Gasteiger partial charge in [-0.05, 0) is 107 Å². The van der Waals surface area contributed by atoms with Crippen molar-refractivity contribution in [3.63, 3.8) is 0 Å². The summed E-state index contributed by atoms with van der Waals surface area (Å²) < 4.78 is 50.7. The van der Waals surface area contributed by atoms with Crippen LogP contribution in [0.4, 0.5) is 13.2 Å². The highest BCUT2D eigenvalue weighted by Gasteiger charge is 2.52. The van der Waals surface area contributed by atoms with Gasteiger partial charge in [-0.3, -0.25) is 9.59 Å². The van der Waals surface area contributed by atoms with Crippen LogP contribution in [-0.4, -0.2) is 59.9 Å². The number of carbonyl (C=O) groups excluding carboxylic acids is 3. The van der Waals surface area contributed by atoms with Crippen LogP contribution in [0.3, 0.4) is 0 Å². The van der Waals surface area contributed by atoms with E-state index in [9.17, 15) is 27.6 Å². The topological polar surface area (TPSA) is 76.2 Å². The first-order chi connectivity index (χ1) is 19.9. The van der Waals surface area contributed by atoms with Crippen LogP contribution in [0.5, 0.6) is 5.75 Å². The van der Waals surface area contributed by atoms with Gasteiger partial charge in [-0.25, -0.2) is 4.79 Å². The number of hydrogen-bond donors (Lipinski definition) is 0. The lowest BCUT2D eigenvalue weighted by Gasteiger charge is -2.39. The number of rotatable bonds is 6. The quantitative estimate of drug-likeness (QED) is 0.315. The second-order valence-electron chi connectivity index (χ2n) is 12.2. The van der Waals surface area contributed by atoms with E-state index in [2.05, 4.69) is 17.9 Å². The van der Waals surface area contributed by atoms with Crippen molar-refractivity contribution in [2.24, 2.45) is 17.3 Å². The Morgan fingerprint density at radius 1 is 1.14 bits per heavy atom. The van der Waals surface area contributed by atoms with Crippen molar-refractivity contribution in [3.8, 4) is 5.75 Å². The molecule has 1 saturated carbocycles. The Morgan fingerprint density at radius 3 is 2.55 bits per heavy atom. The molecular formula is C32H39F3N2O5. The number of fused-ring (bicyclic) bond motifs is 1. The average molecular weight is 589 g/mol. The summed E-state index contributed by atoms with van der Waals surface area (Å²) in [7, 11) is 0. The Hall–Kier alpha value is -3.14. The van der Waals surface area contributed by atoms with E-state index in [0.717, 1.165) is 43.6 Å². The number of amides is 1. The van der Waals surface area contributed by atoms with Crippen molar-refractivity contribution in [1.82, 2.24) is 9.80 Å². The van der Waals surface area contributed by atoms with Crippen LogP contribution in [0, 0.1) is 17.3 Å². The summed E-state index contributed by atoms with van der Waals surface area (Å²) >= 11 is 0. The third-order valence-electron chi connectivity index (χ3n) is 9.40. The highest BCUT2D eigenvalue weighted by Crippen LogP contribution is 2.45. The molecule has 1 saturated heterocycles. The van der Waals surface area contributed by atoms with Gasteiger partial charge in [0.15, 0.2) is 6.73 Å². The third-order valence-corrected chi connectivity index (χ3v) is 9.40. The van der Waals surface area contributed by atoms with Gasteiger partial charge in [-0.2, -0.15) is 13.2 Å². The smallest absolute Gasteiger partial charge is 0.416 e. The predicted molar refractivity (Wildman–Crippen MR) is 149 cm³/mol. The number of ether oxygens (including phenoxy) is 2. The van der Waals surface area contributed by atoms with E-state index in [-0.39, 0.29) is 48.5 Å². The number of Topliss-reactive ketones (excluding diaryl/α,β-unsaturated/α-hetero) is 1. The molecule has 1 aromatic rings. The van der Waals surface area contributed by atoms with Crippen LogP contribution in [0.1, 0.15) is 70.4 Å². The molecule has 42 heavy (non-hydrogen) atoms. The minimum absolute atomic E-state index is 0.0297. The molecule has 7 nitrogen and oxygen atoms in total. The van der Waals surface area contributed by atoms with E-state index in [1.807, 2.05) is 6.08 Å². The molecule has 5 rings (SSSR count). The van der Waals surface area contributed by atoms with Gasteiger partial charge in [0, 0.05) is 17.2 Å². The molecule has 0 spiro atoms. The van der Waals surface area contributed by atoms with Crippen LogP contribution >= 0.6 is 0 Å². The lowest BCUT2D eigenvalue weighted by atomic mass is 9.79. The molecule has 10 heteroatoms. The van der Waals surface area contributed by atoms with E-state index in [4.69, 9.17) is 9.47 Å². The van der Waals surface area contributed by atoms with Crippen LogP contribution in [0.15, 0.2) is 41.5 Å². The summed E-state index contributed by atoms with van der Waals surface area (Å²) in [5, 5.41) is 0. The summed E-state index contributed by atoms with van der Waals surface area (Å²) in [4.78, 5) is 43.0. The molecular weight excluding hydrogens is 549 g/mol. The molecule has 2 aliphatic carbocycles. The molecule has 2 aliphatic heterocycles. The van der Waals surface area contributed by atoms with E-state index < -0.39 is 17.2 Å². The number of alkyl halides is 3. The first-order valence-electron chi connectivity index (χ1n) is 14.9. The first-order valence-corrected chi connectivity index (χ1v) is 14.9. The van der Waals surface area contributed by atoms with E-state index in [0.29, 0.717) is 44.0 Å². The van der Waals surface area contributed by atoms with E-state index in [1.54, 1.807) is 6.92 Å². The Morgan fingerprint density at radius 2 is 1.88 bits per heavy atom. The maximum absolute atomic E-state index is 13.8. The average Bonchev–Trinajstić information content (AvgIpc) is 3.43. The minimum atomic E-state index is -4.50. The maximum atomic E-state index is 13.8. The molecule has 1 unspecified atom stereocenters. The van der Waals surface area contributed by atoms with Crippen molar-refractivity contribution < 1.29 is 37.0 Å². The Balaban J connectivity index is 1.23. The number of halogens is 3. The molecule has 2 fully saturated rings. The number of ketones is 1. The molecule has 0 aromatic heterocycles. The largest absolute Gasteiger partial charge is 0.473 e. The van der Waals surface area contributed by atoms with Crippen LogP contribution < -0.4 is 4.74 Å². The summed E-state index contributed by atoms with van der Waals surface area (Å²) in [5.74, 6) is 0.104. The van der Waals surface area contributed by atoms with Gasteiger partial charge in [0.05, 0.1) is 18.7 Å². The molecule has 1 aromatic carbocycles. The molecule has 0 radical (unpaired) electrons. The van der Waals surface area contributed by atoms with Gasteiger partial charge in [0.1, 0.15) is 16.9 Å². The number of esters is 1. The monoisotopic (exact) mass is 588 g/mol. The molecule has 3 atom stereocenters. The lowest BCUT2D eigenvalue weighted by molar-refractivity contribution is -0.152. The van der Waals surface area contributed by atoms with Crippen molar-refractivity contribution in [3.05, 3.63) is 52.6 Å². The van der Waals surface area contributed by atoms with Gasteiger partial charge < -0.3 is 19.3 Å². The van der Waals surface area contributed by atoms with Crippen LogP contribution in [0.2, 0.25) is 0 Å². The fourth-order valence-electron chi connectivity index (χ4n) is 7.11. The number of carbonyl (C=O) groups is 3. The Bertz CT molecular complexity index is 1300. The Kier molecular flexibility index (Phi) is 8.56. The summed E-state index contributed by atoms with van der Waals surface area (Å²) in [6.45, 7) is 7.23. The normalized spacial score (nSPS) is 27.0. The van der Waals surface area contributed by atoms with Crippen LogP contribution in [-0.2, 0) is 31.8 Å². The minimum Gasteiger partial charge on any atom is -0.473 e. The zero-order chi connectivity index (χ0) is 30.2. The zero-order valence-electron chi connectivity index (χ0n) is 24.5. The molecule has 228 valence electrons. The number of benzene rings is 1. The predicted octanol–water partition coefficient (Wildman–Crippen LogP) is 5.68. The highest BCUT2D eigenvalue weighted by molar-refractivity contribution is 6.05. The molecule has 0 N–H and O–H groups in total. The third kappa shape index (κ3) is 6.00. The number of likely N-dealkylation sites (tertiary alicyclic amines) is 1. The molecule has 2 heterocycles. The number of allylic oxidation sites excluding steroid dienone is 3. The Labute approximate surface area is 244 Å². The highest BCUT2D eigenvalue weighted by atomic mass is 19.4. The summed E-state index contributed by atoms with van der Waals surface area (Å²) in [5.41, 5.74) is 0.198. The fourth-order valence-corrected chi connectivity index (χ4v) is 7.11. The second-order valence-corrected chi connectivity index (χ2v) is 12.2. The van der Waals surface area contributed by atoms with Gasteiger partial charge in [-0.1, -0.05) is 13.0 Å². The van der Waals surface area contributed by atoms with E-state index in [1.165, 1.54) is 23.5 Å². The molecule has 4 aliphatic rings. The summed E-state index contributed by atoms with van der Waals surface area (Å²) in [6.07, 6.45) is 3.78. The second kappa shape index (κ2) is 11.9. The van der Waals surface area contributed by atoms with Gasteiger partial charge in [0.2, 0.25) is 5.91 Å². The number of nitrogens with zero attached hydrogens (tertiary/aromatic N) is 2. The summed E-state index contributed by atoms with van der Waals surface area (Å²) in [6, 6.07) is 3.34. The molecule has 0 bridgehead atoms.